The molecule has 1 aromatic heterocycles. The summed E-state index contributed by atoms with van der Waals surface area (Å²) >= 11 is 5.14. The third-order valence-electron chi connectivity index (χ3n) is 3.83. The van der Waals surface area contributed by atoms with Crippen LogP contribution in [0.1, 0.15) is 10.9 Å². The number of anilines is 1. The van der Waals surface area contributed by atoms with E-state index in [4.69, 9.17) is 9.47 Å². The second-order valence-electron chi connectivity index (χ2n) is 5.81. The van der Waals surface area contributed by atoms with Gasteiger partial charge in [-0.1, -0.05) is 6.07 Å². The van der Waals surface area contributed by atoms with Crippen molar-refractivity contribution in [2.24, 2.45) is 0 Å². The first-order valence-electron chi connectivity index (χ1n) is 7.88. The molecule has 134 valence electrons. The summed E-state index contributed by atoms with van der Waals surface area (Å²) in [6, 6.07) is 7.53. The SMILES string of the molecule is CN(C)[C@@H](CNC(=O)Nc1cc2c(cc1Br)OCCO2)c1cccs1. The van der Waals surface area contributed by atoms with Gasteiger partial charge in [0, 0.05) is 28.0 Å². The quantitative estimate of drug-likeness (QED) is 0.766. The van der Waals surface area contributed by atoms with Gasteiger partial charge in [0.05, 0.1) is 11.7 Å². The number of amides is 2. The Balaban J connectivity index is 1.62. The van der Waals surface area contributed by atoms with E-state index in [2.05, 4.69) is 37.5 Å². The lowest BCUT2D eigenvalue weighted by molar-refractivity contribution is 0.171. The minimum absolute atomic E-state index is 0.134. The summed E-state index contributed by atoms with van der Waals surface area (Å²) in [5.41, 5.74) is 0.638. The molecule has 2 heterocycles. The van der Waals surface area contributed by atoms with E-state index in [0.717, 1.165) is 4.47 Å². The monoisotopic (exact) mass is 425 g/mol. The zero-order valence-corrected chi connectivity index (χ0v) is 16.4. The van der Waals surface area contributed by atoms with E-state index in [1.54, 1.807) is 23.5 Å². The zero-order chi connectivity index (χ0) is 17.8. The molecule has 0 aliphatic carbocycles. The molecular weight excluding hydrogens is 406 g/mol. The number of carbonyl (C=O) groups is 1. The van der Waals surface area contributed by atoms with Crippen molar-refractivity contribution in [2.45, 2.75) is 6.04 Å². The number of benzene rings is 1. The van der Waals surface area contributed by atoms with Crippen molar-refractivity contribution in [1.82, 2.24) is 10.2 Å². The Morgan fingerprint density at radius 1 is 1.32 bits per heavy atom. The molecule has 2 N–H and O–H groups in total. The molecule has 1 aromatic carbocycles. The molecule has 2 aromatic rings. The van der Waals surface area contributed by atoms with Crippen molar-refractivity contribution in [3.63, 3.8) is 0 Å². The number of urea groups is 1. The van der Waals surface area contributed by atoms with Crippen LogP contribution in [0.25, 0.3) is 0 Å². The van der Waals surface area contributed by atoms with Gasteiger partial charge in [-0.25, -0.2) is 4.79 Å². The number of rotatable bonds is 5. The molecule has 1 aliphatic rings. The fourth-order valence-electron chi connectivity index (χ4n) is 2.53. The molecule has 1 atom stereocenters. The lowest BCUT2D eigenvalue weighted by Crippen LogP contribution is -2.36. The number of halogens is 1. The molecule has 0 radical (unpaired) electrons. The predicted octanol–water partition coefficient (Wildman–Crippen LogP) is 3.71. The number of thiophene rings is 1. The fraction of sp³-hybridized carbons (Fsp3) is 0.353. The van der Waals surface area contributed by atoms with Gasteiger partial charge in [-0.15, -0.1) is 11.3 Å². The Kier molecular flexibility index (Phi) is 5.82. The third-order valence-corrected chi connectivity index (χ3v) is 5.46. The Hall–Kier alpha value is -1.77. The van der Waals surface area contributed by atoms with Crippen LogP contribution in [-0.4, -0.2) is 44.8 Å². The van der Waals surface area contributed by atoms with Gasteiger partial charge in [0.15, 0.2) is 11.5 Å². The Morgan fingerprint density at radius 2 is 2.04 bits per heavy atom. The number of likely N-dealkylation sites (N-methyl/N-ethyl adjacent to an activating group) is 1. The van der Waals surface area contributed by atoms with Crippen LogP contribution in [0.3, 0.4) is 0 Å². The molecule has 2 amide bonds. The number of fused-ring (bicyclic) bond motifs is 1. The normalized spacial score (nSPS) is 14.2. The van der Waals surface area contributed by atoms with Crippen LogP contribution in [0.4, 0.5) is 10.5 Å². The Morgan fingerprint density at radius 3 is 2.68 bits per heavy atom. The Labute approximate surface area is 159 Å². The van der Waals surface area contributed by atoms with Gasteiger partial charge < -0.3 is 25.0 Å². The van der Waals surface area contributed by atoms with Crippen molar-refractivity contribution >= 4 is 39.0 Å². The summed E-state index contributed by atoms with van der Waals surface area (Å²) in [5, 5.41) is 7.82. The maximum absolute atomic E-state index is 12.3. The van der Waals surface area contributed by atoms with E-state index in [-0.39, 0.29) is 12.1 Å². The molecular formula is C17H20BrN3O3S. The van der Waals surface area contributed by atoms with Gasteiger partial charge in [-0.05, 0) is 41.5 Å². The van der Waals surface area contributed by atoms with Crippen molar-refractivity contribution in [2.75, 3.05) is 39.2 Å². The molecule has 6 nitrogen and oxygen atoms in total. The van der Waals surface area contributed by atoms with Crippen molar-refractivity contribution in [3.05, 3.63) is 39.0 Å². The Bertz CT molecular complexity index is 737. The molecule has 8 heteroatoms. The van der Waals surface area contributed by atoms with Crippen molar-refractivity contribution in [3.8, 4) is 11.5 Å². The topological polar surface area (TPSA) is 62.8 Å². The molecule has 25 heavy (non-hydrogen) atoms. The van der Waals surface area contributed by atoms with Crippen LogP contribution in [0, 0.1) is 0 Å². The summed E-state index contributed by atoms with van der Waals surface area (Å²) in [7, 11) is 4.00. The molecule has 0 spiro atoms. The van der Waals surface area contributed by atoms with Crippen LogP contribution in [0.15, 0.2) is 34.1 Å². The summed E-state index contributed by atoms with van der Waals surface area (Å²) in [6.45, 7) is 1.55. The number of hydrogen-bond donors (Lipinski definition) is 2. The van der Waals surface area contributed by atoms with Gasteiger partial charge in [0.25, 0.3) is 0 Å². The molecule has 1 aliphatic heterocycles. The minimum Gasteiger partial charge on any atom is -0.486 e. The van der Waals surface area contributed by atoms with Crippen molar-refractivity contribution in [1.29, 1.82) is 0 Å². The average Bonchev–Trinajstić information content (AvgIpc) is 3.09. The first-order chi connectivity index (χ1) is 12.0. The van der Waals surface area contributed by atoms with E-state index in [0.29, 0.717) is 36.9 Å². The van der Waals surface area contributed by atoms with E-state index in [1.165, 1.54) is 4.88 Å². The number of ether oxygens (including phenoxy) is 2. The predicted molar refractivity (Wildman–Crippen MR) is 103 cm³/mol. The maximum Gasteiger partial charge on any atom is 0.319 e. The lowest BCUT2D eigenvalue weighted by Gasteiger charge is -2.24. The van der Waals surface area contributed by atoms with E-state index in [9.17, 15) is 4.79 Å². The molecule has 0 bridgehead atoms. The first kappa shape index (κ1) is 18.0. The van der Waals surface area contributed by atoms with Crippen LogP contribution in [0.2, 0.25) is 0 Å². The minimum atomic E-state index is -0.263. The van der Waals surface area contributed by atoms with Gasteiger partial charge in [0.1, 0.15) is 13.2 Å². The number of nitrogens with zero attached hydrogens (tertiary/aromatic N) is 1. The van der Waals surface area contributed by atoms with Crippen molar-refractivity contribution < 1.29 is 14.3 Å². The highest BCUT2D eigenvalue weighted by atomic mass is 79.9. The highest BCUT2D eigenvalue weighted by molar-refractivity contribution is 9.10. The standard InChI is InChI=1S/C17H20BrN3O3S/c1-21(2)13(16-4-3-7-25-16)10-19-17(22)20-12-9-15-14(8-11(12)18)23-5-6-24-15/h3-4,7-9,13H,5-6,10H2,1-2H3,(H2,19,20,22)/t13-/m0/s1. The number of carbonyl (C=O) groups excluding carboxylic acids is 1. The first-order valence-corrected chi connectivity index (χ1v) is 9.55. The summed E-state index contributed by atoms with van der Waals surface area (Å²) in [5.74, 6) is 1.31. The van der Waals surface area contributed by atoms with Gasteiger partial charge in [-0.3, -0.25) is 0 Å². The fourth-order valence-corrected chi connectivity index (χ4v) is 3.88. The van der Waals surface area contributed by atoms with Crippen LogP contribution < -0.4 is 20.1 Å². The van der Waals surface area contributed by atoms with Gasteiger partial charge in [0.2, 0.25) is 0 Å². The summed E-state index contributed by atoms with van der Waals surface area (Å²) in [6.07, 6.45) is 0. The largest absolute Gasteiger partial charge is 0.486 e. The van der Waals surface area contributed by atoms with Crippen LogP contribution in [0.5, 0.6) is 11.5 Å². The molecule has 0 saturated carbocycles. The highest BCUT2D eigenvalue weighted by Gasteiger charge is 2.18. The lowest BCUT2D eigenvalue weighted by atomic mass is 10.2. The second kappa shape index (κ2) is 8.07. The smallest absolute Gasteiger partial charge is 0.319 e. The summed E-state index contributed by atoms with van der Waals surface area (Å²) in [4.78, 5) is 15.6. The van der Waals surface area contributed by atoms with E-state index in [1.807, 2.05) is 25.5 Å². The zero-order valence-electron chi connectivity index (χ0n) is 14.0. The highest BCUT2D eigenvalue weighted by Crippen LogP contribution is 2.38. The third kappa shape index (κ3) is 4.45. The second-order valence-corrected chi connectivity index (χ2v) is 7.64. The average molecular weight is 426 g/mol. The van der Waals surface area contributed by atoms with Gasteiger partial charge in [-0.2, -0.15) is 0 Å². The van der Waals surface area contributed by atoms with E-state index < -0.39 is 0 Å². The number of hydrogen-bond acceptors (Lipinski definition) is 5. The molecule has 0 unspecified atom stereocenters. The maximum atomic E-state index is 12.3. The number of nitrogens with one attached hydrogen (secondary N) is 2. The van der Waals surface area contributed by atoms with E-state index >= 15 is 0 Å². The van der Waals surface area contributed by atoms with Crippen LogP contribution >= 0.6 is 27.3 Å². The molecule has 0 fully saturated rings. The van der Waals surface area contributed by atoms with Gasteiger partial charge >= 0.3 is 6.03 Å². The summed E-state index contributed by atoms with van der Waals surface area (Å²) < 4.78 is 11.8. The molecule has 3 rings (SSSR count). The van der Waals surface area contributed by atoms with Crippen LogP contribution in [-0.2, 0) is 0 Å². The molecule has 0 saturated heterocycles.